The van der Waals surface area contributed by atoms with Gasteiger partial charge in [-0.05, 0) is 55.7 Å². The minimum Gasteiger partial charge on any atom is -0.491 e. The van der Waals surface area contributed by atoms with Crippen LogP contribution in [-0.4, -0.2) is 25.2 Å². The van der Waals surface area contributed by atoms with Gasteiger partial charge >= 0.3 is 0 Å². The first-order valence-electron chi connectivity index (χ1n) is 8.39. The molecule has 0 aliphatic carbocycles. The quantitative estimate of drug-likeness (QED) is 0.713. The van der Waals surface area contributed by atoms with Gasteiger partial charge in [0.05, 0.1) is 6.54 Å². The molecule has 0 aliphatic heterocycles. The first-order chi connectivity index (χ1) is 12.0. The minimum atomic E-state index is -0.556. The van der Waals surface area contributed by atoms with Crippen LogP contribution in [0.2, 0.25) is 5.02 Å². The third-order valence-electron chi connectivity index (χ3n) is 3.74. The molecular weight excluding hydrogens is 338 g/mol. The molecule has 4 nitrogen and oxygen atoms in total. The third-order valence-corrected chi connectivity index (χ3v) is 3.98. The summed E-state index contributed by atoms with van der Waals surface area (Å²) in [6.07, 6.45) is 0.00934. The molecule has 0 bridgehead atoms. The van der Waals surface area contributed by atoms with E-state index < -0.39 is 6.10 Å². The highest BCUT2D eigenvalue weighted by atomic mass is 35.5. The van der Waals surface area contributed by atoms with Crippen LogP contribution in [0.4, 0.5) is 0 Å². The monoisotopic (exact) mass is 361 g/mol. The zero-order valence-corrected chi connectivity index (χ0v) is 15.6. The van der Waals surface area contributed by atoms with Crippen LogP contribution >= 0.6 is 11.6 Å². The maximum atomic E-state index is 12.3. The topological polar surface area (TPSA) is 47.6 Å². The Balaban J connectivity index is 1.80. The number of aryl methyl sites for hydroxylation is 2. The number of halogens is 1. The summed E-state index contributed by atoms with van der Waals surface area (Å²) >= 11 is 5.94. The SMILES string of the molecule is CC[C@@H](Oc1cccc(Cl)c1)C(=O)NCCOc1cc(C)ccc1C. The average molecular weight is 362 g/mol. The third kappa shape index (κ3) is 5.98. The van der Waals surface area contributed by atoms with Gasteiger partial charge in [0.15, 0.2) is 6.10 Å². The summed E-state index contributed by atoms with van der Waals surface area (Å²) < 4.78 is 11.5. The summed E-state index contributed by atoms with van der Waals surface area (Å²) in [5.74, 6) is 1.27. The summed E-state index contributed by atoms with van der Waals surface area (Å²) in [5.41, 5.74) is 2.22. The van der Waals surface area contributed by atoms with Gasteiger partial charge in [0.2, 0.25) is 0 Å². The molecule has 2 aromatic rings. The lowest BCUT2D eigenvalue weighted by Crippen LogP contribution is -2.39. The standard InChI is InChI=1S/C20H24ClNO3/c1-4-18(25-17-7-5-6-16(21)13-17)20(23)22-10-11-24-19-12-14(2)8-9-15(19)3/h5-9,12-13,18H,4,10-11H2,1-3H3,(H,22,23)/t18-/m1/s1. The Morgan fingerprint density at radius 3 is 2.72 bits per heavy atom. The van der Waals surface area contributed by atoms with E-state index in [9.17, 15) is 4.79 Å². The lowest BCUT2D eigenvalue weighted by atomic mass is 10.1. The number of carbonyl (C=O) groups is 1. The molecular formula is C20H24ClNO3. The zero-order chi connectivity index (χ0) is 18.2. The number of hydrogen-bond donors (Lipinski definition) is 1. The normalized spacial score (nSPS) is 11.7. The number of amides is 1. The van der Waals surface area contributed by atoms with E-state index >= 15 is 0 Å². The van der Waals surface area contributed by atoms with Crippen molar-refractivity contribution in [1.82, 2.24) is 5.32 Å². The molecule has 0 aromatic heterocycles. The van der Waals surface area contributed by atoms with Crippen LogP contribution in [0.25, 0.3) is 0 Å². The van der Waals surface area contributed by atoms with Crippen LogP contribution < -0.4 is 14.8 Å². The van der Waals surface area contributed by atoms with Gasteiger partial charge in [-0.2, -0.15) is 0 Å². The van der Waals surface area contributed by atoms with E-state index in [-0.39, 0.29) is 5.91 Å². The van der Waals surface area contributed by atoms with Crippen LogP contribution in [0.1, 0.15) is 24.5 Å². The van der Waals surface area contributed by atoms with Crippen LogP contribution in [0, 0.1) is 13.8 Å². The lowest BCUT2D eigenvalue weighted by molar-refractivity contribution is -0.128. The van der Waals surface area contributed by atoms with Gasteiger partial charge in [-0.15, -0.1) is 0 Å². The van der Waals surface area contributed by atoms with Crippen molar-refractivity contribution in [2.45, 2.75) is 33.3 Å². The van der Waals surface area contributed by atoms with E-state index in [2.05, 4.69) is 5.32 Å². The van der Waals surface area contributed by atoms with Crippen molar-refractivity contribution in [3.63, 3.8) is 0 Å². The summed E-state index contributed by atoms with van der Waals surface area (Å²) in [4.78, 5) is 12.3. The molecule has 0 spiro atoms. The lowest BCUT2D eigenvalue weighted by Gasteiger charge is -2.17. The zero-order valence-electron chi connectivity index (χ0n) is 14.8. The van der Waals surface area contributed by atoms with Crippen molar-refractivity contribution < 1.29 is 14.3 Å². The molecule has 1 atom stereocenters. The molecule has 0 heterocycles. The molecule has 0 unspecified atom stereocenters. The highest BCUT2D eigenvalue weighted by molar-refractivity contribution is 6.30. The van der Waals surface area contributed by atoms with Crippen molar-refractivity contribution in [3.8, 4) is 11.5 Å². The fourth-order valence-electron chi connectivity index (χ4n) is 2.34. The van der Waals surface area contributed by atoms with Crippen LogP contribution in [-0.2, 0) is 4.79 Å². The van der Waals surface area contributed by atoms with E-state index in [1.807, 2.05) is 39.0 Å². The molecule has 25 heavy (non-hydrogen) atoms. The van der Waals surface area contributed by atoms with Crippen LogP contribution in [0.15, 0.2) is 42.5 Å². The number of hydrogen-bond acceptors (Lipinski definition) is 3. The maximum Gasteiger partial charge on any atom is 0.261 e. The van der Waals surface area contributed by atoms with Crippen molar-refractivity contribution in [2.75, 3.05) is 13.2 Å². The maximum absolute atomic E-state index is 12.3. The van der Waals surface area contributed by atoms with E-state index in [1.54, 1.807) is 24.3 Å². The van der Waals surface area contributed by atoms with Gasteiger partial charge in [-0.25, -0.2) is 0 Å². The summed E-state index contributed by atoms with van der Waals surface area (Å²) in [6, 6.07) is 13.1. The van der Waals surface area contributed by atoms with Crippen molar-refractivity contribution in [3.05, 3.63) is 58.6 Å². The Hall–Kier alpha value is -2.20. The molecule has 1 N–H and O–H groups in total. The van der Waals surface area contributed by atoms with Gasteiger partial charge < -0.3 is 14.8 Å². The van der Waals surface area contributed by atoms with Gasteiger partial charge in [0.25, 0.3) is 5.91 Å². The summed E-state index contributed by atoms with van der Waals surface area (Å²) in [5, 5.41) is 3.43. The fourth-order valence-corrected chi connectivity index (χ4v) is 2.52. The van der Waals surface area contributed by atoms with Crippen molar-refractivity contribution in [2.24, 2.45) is 0 Å². The molecule has 0 saturated carbocycles. The van der Waals surface area contributed by atoms with E-state index in [0.717, 1.165) is 16.9 Å². The molecule has 5 heteroatoms. The molecule has 0 radical (unpaired) electrons. The minimum absolute atomic E-state index is 0.160. The van der Waals surface area contributed by atoms with Gasteiger partial charge in [-0.3, -0.25) is 4.79 Å². The molecule has 1 amide bonds. The van der Waals surface area contributed by atoms with E-state index in [0.29, 0.717) is 30.3 Å². The molecule has 0 saturated heterocycles. The Morgan fingerprint density at radius 2 is 2.00 bits per heavy atom. The number of benzene rings is 2. The highest BCUT2D eigenvalue weighted by Crippen LogP contribution is 2.20. The van der Waals surface area contributed by atoms with Crippen LogP contribution in [0.3, 0.4) is 0 Å². The summed E-state index contributed by atoms with van der Waals surface area (Å²) in [7, 11) is 0. The Bertz CT molecular complexity index is 718. The molecule has 134 valence electrons. The van der Waals surface area contributed by atoms with Crippen molar-refractivity contribution in [1.29, 1.82) is 0 Å². The molecule has 0 fully saturated rings. The van der Waals surface area contributed by atoms with Crippen LogP contribution in [0.5, 0.6) is 11.5 Å². The number of rotatable bonds is 8. The number of nitrogens with one attached hydrogen (secondary N) is 1. The van der Waals surface area contributed by atoms with E-state index in [4.69, 9.17) is 21.1 Å². The largest absolute Gasteiger partial charge is 0.491 e. The number of ether oxygens (including phenoxy) is 2. The second-order valence-corrected chi connectivity index (χ2v) is 6.32. The fraction of sp³-hybridized carbons (Fsp3) is 0.350. The second kappa shape index (κ2) is 9.33. The van der Waals surface area contributed by atoms with E-state index in [1.165, 1.54) is 0 Å². The highest BCUT2D eigenvalue weighted by Gasteiger charge is 2.18. The van der Waals surface area contributed by atoms with Crippen molar-refractivity contribution >= 4 is 17.5 Å². The summed E-state index contributed by atoms with van der Waals surface area (Å²) in [6.45, 7) is 6.75. The first kappa shape index (κ1) is 19.1. The molecule has 0 aliphatic rings. The predicted molar refractivity (Wildman–Crippen MR) is 101 cm³/mol. The Labute approximate surface area is 154 Å². The smallest absolute Gasteiger partial charge is 0.261 e. The first-order valence-corrected chi connectivity index (χ1v) is 8.77. The van der Waals surface area contributed by atoms with Gasteiger partial charge in [0, 0.05) is 5.02 Å². The van der Waals surface area contributed by atoms with Gasteiger partial charge in [-0.1, -0.05) is 36.7 Å². The Morgan fingerprint density at radius 1 is 1.20 bits per heavy atom. The average Bonchev–Trinajstić information content (AvgIpc) is 2.59. The number of carbonyl (C=O) groups excluding carboxylic acids is 1. The van der Waals surface area contributed by atoms with Gasteiger partial charge in [0.1, 0.15) is 18.1 Å². The Kier molecular flexibility index (Phi) is 7.14. The molecule has 2 rings (SSSR count). The predicted octanol–water partition coefficient (Wildman–Crippen LogP) is 4.31. The second-order valence-electron chi connectivity index (χ2n) is 5.88. The molecule has 2 aromatic carbocycles.